The van der Waals surface area contributed by atoms with Crippen LogP contribution in [0.1, 0.15) is 75.4 Å². The van der Waals surface area contributed by atoms with Gasteiger partial charge in [-0.2, -0.15) is 0 Å². The molecule has 2 aliphatic carbocycles. The number of nitrogens with zero attached hydrogens (tertiary/aromatic N) is 2. The quantitative estimate of drug-likeness (QED) is 0.864. The van der Waals surface area contributed by atoms with E-state index in [-0.39, 0.29) is 0 Å². The van der Waals surface area contributed by atoms with Crippen LogP contribution in [0.3, 0.4) is 0 Å². The smallest absolute Gasteiger partial charge is 0.154 e. The second-order valence-electron chi connectivity index (χ2n) is 6.38. The standard InChI is InChI=1S/C18H27N3/c1-2-3-4-13-17-20-16-12-8-7-11-15(16)18(21-17)19-14-9-5-6-10-14/h4,13-14H,2-3,5-12H2,1H3,(H,19,20,21)/b13-4+. The van der Waals surface area contributed by atoms with Gasteiger partial charge in [0, 0.05) is 17.3 Å². The predicted molar refractivity (Wildman–Crippen MR) is 88.5 cm³/mol. The first-order valence-electron chi connectivity index (χ1n) is 8.69. The third kappa shape index (κ3) is 3.63. The molecule has 3 nitrogen and oxygen atoms in total. The van der Waals surface area contributed by atoms with E-state index in [0.717, 1.165) is 30.9 Å². The zero-order valence-corrected chi connectivity index (χ0v) is 13.2. The van der Waals surface area contributed by atoms with Crippen LogP contribution >= 0.6 is 0 Å². The number of fused-ring (bicyclic) bond motifs is 1. The third-order valence-electron chi connectivity index (χ3n) is 4.62. The lowest BCUT2D eigenvalue weighted by atomic mass is 9.96. The van der Waals surface area contributed by atoms with E-state index in [2.05, 4.69) is 24.4 Å². The first kappa shape index (κ1) is 14.6. The van der Waals surface area contributed by atoms with E-state index < -0.39 is 0 Å². The van der Waals surface area contributed by atoms with Gasteiger partial charge in [0.15, 0.2) is 5.82 Å². The molecule has 21 heavy (non-hydrogen) atoms. The minimum Gasteiger partial charge on any atom is -0.367 e. The molecule has 0 unspecified atom stereocenters. The summed E-state index contributed by atoms with van der Waals surface area (Å²) in [6.45, 7) is 2.20. The molecule has 0 atom stereocenters. The normalized spacial score (nSPS) is 19.1. The van der Waals surface area contributed by atoms with Crippen molar-refractivity contribution < 1.29 is 0 Å². The molecule has 0 saturated heterocycles. The molecule has 3 rings (SSSR count). The lowest BCUT2D eigenvalue weighted by molar-refractivity contribution is 0.657. The Labute approximate surface area is 128 Å². The summed E-state index contributed by atoms with van der Waals surface area (Å²) in [6.07, 6.45) is 16.7. The topological polar surface area (TPSA) is 37.8 Å². The van der Waals surface area contributed by atoms with E-state index in [9.17, 15) is 0 Å². The fourth-order valence-electron chi connectivity index (χ4n) is 3.43. The highest BCUT2D eigenvalue weighted by atomic mass is 15.1. The summed E-state index contributed by atoms with van der Waals surface area (Å²) < 4.78 is 0. The fraction of sp³-hybridized carbons (Fsp3) is 0.667. The summed E-state index contributed by atoms with van der Waals surface area (Å²) in [5.41, 5.74) is 2.67. The second-order valence-corrected chi connectivity index (χ2v) is 6.38. The molecule has 0 radical (unpaired) electrons. The van der Waals surface area contributed by atoms with Crippen molar-refractivity contribution in [2.75, 3.05) is 5.32 Å². The number of rotatable bonds is 5. The van der Waals surface area contributed by atoms with Crippen molar-refractivity contribution >= 4 is 11.9 Å². The van der Waals surface area contributed by atoms with E-state index in [0.29, 0.717) is 6.04 Å². The van der Waals surface area contributed by atoms with Crippen LogP contribution in [0, 0.1) is 0 Å². The van der Waals surface area contributed by atoms with Crippen LogP contribution in [0.4, 0.5) is 5.82 Å². The predicted octanol–water partition coefficient (Wildman–Crippen LogP) is 4.52. The molecule has 0 aliphatic heterocycles. The molecule has 0 bridgehead atoms. The Kier molecular flexibility index (Phi) is 4.89. The van der Waals surface area contributed by atoms with Crippen molar-refractivity contribution in [2.24, 2.45) is 0 Å². The maximum atomic E-state index is 4.81. The van der Waals surface area contributed by atoms with Crippen molar-refractivity contribution in [3.63, 3.8) is 0 Å². The van der Waals surface area contributed by atoms with Crippen LogP contribution in [-0.4, -0.2) is 16.0 Å². The number of anilines is 1. The molecule has 0 spiro atoms. The third-order valence-corrected chi connectivity index (χ3v) is 4.62. The molecule has 1 aromatic heterocycles. The molecule has 1 fully saturated rings. The van der Waals surface area contributed by atoms with E-state index >= 15 is 0 Å². The number of allylic oxidation sites excluding steroid dienone is 1. The van der Waals surface area contributed by atoms with Crippen LogP contribution in [0.25, 0.3) is 6.08 Å². The van der Waals surface area contributed by atoms with Gasteiger partial charge in [0.2, 0.25) is 0 Å². The van der Waals surface area contributed by atoms with Gasteiger partial charge in [0.25, 0.3) is 0 Å². The average molecular weight is 285 g/mol. The second kappa shape index (κ2) is 7.06. The summed E-state index contributed by atoms with van der Waals surface area (Å²) >= 11 is 0. The minimum atomic E-state index is 0.624. The van der Waals surface area contributed by atoms with Crippen LogP contribution in [0.15, 0.2) is 6.08 Å². The summed E-state index contributed by atoms with van der Waals surface area (Å²) in [7, 11) is 0. The van der Waals surface area contributed by atoms with E-state index in [1.165, 1.54) is 56.2 Å². The fourth-order valence-corrected chi connectivity index (χ4v) is 3.43. The number of aromatic nitrogens is 2. The Morgan fingerprint density at radius 1 is 1.10 bits per heavy atom. The largest absolute Gasteiger partial charge is 0.367 e. The van der Waals surface area contributed by atoms with Crippen molar-refractivity contribution in [1.29, 1.82) is 0 Å². The van der Waals surface area contributed by atoms with E-state index in [1.54, 1.807) is 0 Å². The summed E-state index contributed by atoms with van der Waals surface area (Å²) in [4.78, 5) is 9.59. The molecule has 3 heteroatoms. The maximum Gasteiger partial charge on any atom is 0.154 e. The number of aryl methyl sites for hydroxylation is 1. The van der Waals surface area contributed by atoms with Crippen molar-refractivity contribution in [3.05, 3.63) is 23.2 Å². The van der Waals surface area contributed by atoms with Gasteiger partial charge < -0.3 is 5.32 Å². The molecule has 0 aromatic carbocycles. The van der Waals surface area contributed by atoms with Crippen LogP contribution < -0.4 is 5.32 Å². The van der Waals surface area contributed by atoms with Crippen LogP contribution in [0.5, 0.6) is 0 Å². The monoisotopic (exact) mass is 285 g/mol. The molecule has 0 amide bonds. The first-order valence-corrected chi connectivity index (χ1v) is 8.69. The molecule has 1 N–H and O–H groups in total. The van der Waals surface area contributed by atoms with E-state index in [4.69, 9.17) is 9.97 Å². The lowest BCUT2D eigenvalue weighted by Gasteiger charge is -2.21. The molecule has 2 aliphatic rings. The lowest BCUT2D eigenvalue weighted by Crippen LogP contribution is -2.20. The Morgan fingerprint density at radius 2 is 1.90 bits per heavy atom. The number of hydrogen-bond acceptors (Lipinski definition) is 3. The number of nitrogens with one attached hydrogen (secondary N) is 1. The Hall–Kier alpha value is -1.38. The van der Waals surface area contributed by atoms with Gasteiger partial charge in [-0.25, -0.2) is 9.97 Å². The van der Waals surface area contributed by atoms with Gasteiger partial charge in [0.1, 0.15) is 5.82 Å². The molecule has 114 valence electrons. The highest BCUT2D eigenvalue weighted by Gasteiger charge is 2.21. The average Bonchev–Trinajstić information content (AvgIpc) is 3.01. The summed E-state index contributed by atoms with van der Waals surface area (Å²) in [6, 6.07) is 0.624. The van der Waals surface area contributed by atoms with E-state index in [1.807, 2.05) is 0 Å². The van der Waals surface area contributed by atoms with Crippen molar-refractivity contribution in [2.45, 2.75) is 77.2 Å². The number of hydrogen-bond donors (Lipinski definition) is 1. The van der Waals surface area contributed by atoms with Gasteiger partial charge in [-0.1, -0.05) is 32.3 Å². The van der Waals surface area contributed by atoms with Gasteiger partial charge in [-0.05, 0) is 51.0 Å². The van der Waals surface area contributed by atoms with Crippen LogP contribution in [-0.2, 0) is 12.8 Å². The molecule has 1 aromatic rings. The zero-order valence-electron chi connectivity index (χ0n) is 13.2. The zero-order chi connectivity index (χ0) is 14.5. The summed E-state index contributed by atoms with van der Waals surface area (Å²) in [5, 5.41) is 3.71. The number of unbranched alkanes of at least 4 members (excludes halogenated alkanes) is 1. The highest BCUT2D eigenvalue weighted by molar-refractivity contribution is 5.53. The maximum absolute atomic E-state index is 4.81. The van der Waals surface area contributed by atoms with Crippen molar-refractivity contribution in [1.82, 2.24) is 9.97 Å². The first-order chi connectivity index (χ1) is 10.4. The Bertz CT molecular complexity index is 501. The molecule has 1 heterocycles. The van der Waals surface area contributed by atoms with Gasteiger partial charge in [-0.15, -0.1) is 0 Å². The SMILES string of the molecule is CCC/C=C/c1nc2c(c(NC3CCCC3)n1)CCCC2. The Morgan fingerprint density at radius 3 is 2.71 bits per heavy atom. The van der Waals surface area contributed by atoms with Crippen molar-refractivity contribution in [3.8, 4) is 0 Å². The van der Waals surface area contributed by atoms with Gasteiger partial charge in [0.05, 0.1) is 0 Å². The highest BCUT2D eigenvalue weighted by Crippen LogP contribution is 2.29. The van der Waals surface area contributed by atoms with Gasteiger partial charge >= 0.3 is 0 Å². The Balaban J connectivity index is 1.85. The van der Waals surface area contributed by atoms with Crippen LogP contribution in [0.2, 0.25) is 0 Å². The molecule has 1 saturated carbocycles. The molecular weight excluding hydrogens is 258 g/mol. The summed E-state index contributed by atoms with van der Waals surface area (Å²) in [5.74, 6) is 2.02. The minimum absolute atomic E-state index is 0.624. The molecular formula is C18H27N3. The van der Waals surface area contributed by atoms with Gasteiger partial charge in [-0.3, -0.25) is 0 Å².